The Morgan fingerprint density at radius 3 is 2.30 bits per heavy atom. The lowest BCUT2D eigenvalue weighted by atomic mass is 10.2. The molecule has 2 N–H and O–H groups in total. The molecule has 0 radical (unpaired) electrons. The van der Waals surface area contributed by atoms with Crippen molar-refractivity contribution in [2.75, 3.05) is 26.2 Å². The van der Waals surface area contributed by atoms with E-state index in [0.29, 0.717) is 31.7 Å². The number of hydrogen-bond donors (Lipinski definition) is 2. The Balaban J connectivity index is 2.33. The first-order valence-corrected chi connectivity index (χ1v) is 7.44. The fraction of sp³-hybridized carbons (Fsp3) is 0.429. The van der Waals surface area contributed by atoms with Crippen molar-refractivity contribution in [1.82, 2.24) is 15.5 Å². The number of nitrogens with one attached hydrogen (secondary N) is 2. The van der Waals surface area contributed by atoms with Gasteiger partial charge in [0, 0.05) is 30.7 Å². The molecule has 0 atom stereocenters. The van der Waals surface area contributed by atoms with E-state index in [1.54, 1.807) is 11.0 Å². The predicted octanol–water partition coefficient (Wildman–Crippen LogP) is 2.23. The minimum atomic E-state index is -0.158. The van der Waals surface area contributed by atoms with E-state index < -0.39 is 0 Å². The van der Waals surface area contributed by atoms with Crippen LogP contribution in [-0.2, 0) is 0 Å². The van der Waals surface area contributed by atoms with Gasteiger partial charge in [-0.25, -0.2) is 4.79 Å². The average Bonchev–Trinajstić information content (AvgIpc) is 2.45. The second-order valence-electron chi connectivity index (χ2n) is 4.14. The van der Waals surface area contributed by atoms with Gasteiger partial charge in [-0.1, -0.05) is 12.1 Å². The van der Waals surface area contributed by atoms with Crippen molar-refractivity contribution in [2.24, 2.45) is 0 Å². The van der Waals surface area contributed by atoms with Gasteiger partial charge in [-0.2, -0.15) is 0 Å². The van der Waals surface area contributed by atoms with E-state index in [2.05, 4.69) is 26.6 Å². The Morgan fingerprint density at radius 2 is 1.70 bits per heavy atom. The maximum Gasteiger partial charge on any atom is 0.317 e. The van der Waals surface area contributed by atoms with Gasteiger partial charge in [-0.3, -0.25) is 4.79 Å². The highest BCUT2D eigenvalue weighted by Crippen LogP contribution is 2.15. The fourth-order valence-electron chi connectivity index (χ4n) is 1.71. The van der Waals surface area contributed by atoms with Crippen LogP contribution >= 0.6 is 15.9 Å². The summed E-state index contributed by atoms with van der Waals surface area (Å²) in [5, 5.41) is 5.53. The average molecular weight is 342 g/mol. The number of rotatable bonds is 6. The Bertz CT molecular complexity index is 461. The van der Waals surface area contributed by atoms with Crippen LogP contribution in [0.15, 0.2) is 28.7 Å². The summed E-state index contributed by atoms with van der Waals surface area (Å²) in [7, 11) is 0. The van der Waals surface area contributed by atoms with Crippen LogP contribution < -0.4 is 10.6 Å². The number of halogens is 1. The third kappa shape index (κ3) is 4.85. The van der Waals surface area contributed by atoms with Crippen LogP contribution in [0.5, 0.6) is 0 Å². The summed E-state index contributed by atoms with van der Waals surface area (Å²) >= 11 is 3.33. The molecule has 3 amide bonds. The summed E-state index contributed by atoms with van der Waals surface area (Å²) in [6.07, 6.45) is 0. The molecule has 0 fully saturated rings. The van der Waals surface area contributed by atoms with Crippen LogP contribution in [0.25, 0.3) is 0 Å². The van der Waals surface area contributed by atoms with Crippen LogP contribution in [0, 0.1) is 0 Å². The Kier molecular flexibility index (Phi) is 7.08. The van der Waals surface area contributed by atoms with Crippen molar-refractivity contribution >= 4 is 27.9 Å². The molecule has 6 heteroatoms. The minimum absolute atomic E-state index is 0.106. The molecule has 0 heterocycles. The summed E-state index contributed by atoms with van der Waals surface area (Å²) in [4.78, 5) is 25.3. The summed E-state index contributed by atoms with van der Waals surface area (Å²) < 4.78 is 0.754. The number of benzene rings is 1. The quantitative estimate of drug-likeness (QED) is 0.779. The van der Waals surface area contributed by atoms with Gasteiger partial charge in [-0.05, 0) is 41.9 Å². The van der Waals surface area contributed by atoms with E-state index in [9.17, 15) is 9.59 Å². The van der Waals surface area contributed by atoms with Crippen molar-refractivity contribution in [3.05, 3.63) is 34.3 Å². The first-order chi connectivity index (χ1) is 9.60. The topological polar surface area (TPSA) is 61.4 Å². The number of nitrogens with zero attached hydrogens (tertiary/aromatic N) is 1. The zero-order valence-electron chi connectivity index (χ0n) is 11.8. The molecule has 0 aromatic heterocycles. The van der Waals surface area contributed by atoms with Gasteiger partial charge >= 0.3 is 6.03 Å². The lowest BCUT2D eigenvalue weighted by molar-refractivity contribution is 0.0952. The molecule has 5 nitrogen and oxygen atoms in total. The smallest absolute Gasteiger partial charge is 0.317 e. The fourth-order valence-corrected chi connectivity index (χ4v) is 2.17. The molecule has 0 bridgehead atoms. The molecule has 0 saturated carbocycles. The van der Waals surface area contributed by atoms with E-state index >= 15 is 0 Å². The van der Waals surface area contributed by atoms with Gasteiger partial charge in [0.1, 0.15) is 0 Å². The third-order valence-corrected chi connectivity index (χ3v) is 3.55. The number of amides is 3. The highest BCUT2D eigenvalue weighted by Gasteiger charge is 2.10. The van der Waals surface area contributed by atoms with E-state index in [0.717, 1.165) is 4.47 Å². The number of urea groups is 1. The highest BCUT2D eigenvalue weighted by atomic mass is 79.9. The second kappa shape index (κ2) is 8.58. The van der Waals surface area contributed by atoms with Gasteiger partial charge in [-0.15, -0.1) is 0 Å². The third-order valence-electron chi connectivity index (χ3n) is 2.86. The van der Waals surface area contributed by atoms with Crippen LogP contribution in [0.2, 0.25) is 0 Å². The lowest BCUT2D eigenvalue weighted by Gasteiger charge is -2.19. The molecular formula is C14H20BrN3O2. The van der Waals surface area contributed by atoms with Gasteiger partial charge in [0.2, 0.25) is 0 Å². The van der Waals surface area contributed by atoms with Crippen molar-refractivity contribution in [3.63, 3.8) is 0 Å². The Morgan fingerprint density at radius 1 is 1.10 bits per heavy atom. The number of carbonyl (C=O) groups excluding carboxylic acids is 2. The van der Waals surface area contributed by atoms with E-state index in [-0.39, 0.29) is 11.9 Å². The monoisotopic (exact) mass is 341 g/mol. The standard InChI is InChI=1S/C14H20BrN3O2/c1-3-18(4-2)14(20)17-10-9-16-13(19)11-7-5-6-8-12(11)15/h5-8H,3-4,9-10H2,1-2H3,(H,16,19)(H,17,20). The minimum Gasteiger partial charge on any atom is -0.350 e. The molecule has 0 saturated heterocycles. The molecule has 0 unspecified atom stereocenters. The molecule has 0 aliphatic carbocycles. The largest absolute Gasteiger partial charge is 0.350 e. The molecule has 1 aromatic rings. The van der Waals surface area contributed by atoms with Gasteiger partial charge < -0.3 is 15.5 Å². The summed E-state index contributed by atoms with van der Waals surface area (Å²) in [5.74, 6) is -0.158. The SMILES string of the molecule is CCN(CC)C(=O)NCCNC(=O)c1ccccc1Br. The van der Waals surface area contributed by atoms with Crippen molar-refractivity contribution < 1.29 is 9.59 Å². The number of hydrogen-bond acceptors (Lipinski definition) is 2. The van der Waals surface area contributed by atoms with Gasteiger partial charge in [0.25, 0.3) is 5.91 Å². The molecule has 1 rings (SSSR count). The lowest BCUT2D eigenvalue weighted by Crippen LogP contribution is -2.42. The second-order valence-corrected chi connectivity index (χ2v) is 4.99. The van der Waals surface area contributed by atoms with Crippen LogP contribution in [0.4, 0.5) is 4.79 Å². The van der Waals surface area contributed by atoms with E-state index in [4.69, 9.17) is 0 Å². The van der Waals surface area contributed by atoms with Crippen LogP contribution in [0.3, 0.4) is 0 Å². The highest BCUT2D eigenvalue weighted by molar-refractivity contribution is 9.10. The maximum atomic E-state index is 11.9. The Hall–Kier alpha value is -1.56. The normalized spacial score (nSPS) is 9.95. The molecular weight excluding hydrogens is 322 g/mol. The Labute approximate surface area is 127 Å². The van der Waals surface area contributed by atoms with Crippen molar-refractivity contribution in [1.29, 1.82) is 0 Å². The predicted molar refractivity (Wildman–Crippen MR) is 82.8 cm³/mol. The summed E-state index contributed by atoms with van der Waals surface area (Å²) in [5.41, 5.74) is 0.586. The van der Waals surface area contributed by atoms with E-state index in [1.807, 2.05) is 32.0 Å². The van der Waals surface area contributed by atoms with Crippen molar-refractivity contribution in [3.8, 4) is 0 Å². The van der Waals surface area contributed by atoms with Gasteiger partial charge in [0.15, 0.2) is 0 Å². The number of carbonyl (C=O) groups is 2. The maximum absolute atomic E-state index is 11.9. The van der Waals surface area contributed by atoms with Crippen molar-refractivity contribution in [2.45, 2.75) is 13.8 Å². The summed E-state index contributed by atoms with van der Waals surface area (Å²) in [6.45, 7) is 6.01. The van der Waals surface area contributed by atoms with Crippen LogP contribution in [-0.4, -0.2) is 43.0 Å². The molecule has 1 aromatic carbocycles. The molecule has 20 heavy (non-hydrogen) atoms. The summed E-state index contributed by atoms with van der Waals surface area (Å²) in [6, 6.07) is 7.11. The van der Waals surface area contributed by atoms with Gasteiger partial charge in [0.05, 0.1) is 5.56 Å². The first kappa shape index (κ1) is 16.5. The molecule has 0 spiro atoms. The molecule has 0 aliphatic rings. The first-order valence-electron chi connectivity index (χ1n) is 6.65. The van der Waals surface area contributed by atoms with Crippen LogP contribution in [0.1, 0.15) is 24.2 Å². The zero-order chi connectivity index (χ0) is 15.0. The zero-order valence-corrected chi connectivity index (χ0v) is 13.4. The molecule has 0 aliphatic heterocycles. The van der Waals surface area contributed by atoms with E-state index in [1.165, 1.54) is 0 Å². The molecule has 110 valence electrons.